The summed E-state index contributed by atoms with van der Waals surface area (Å²) in [5, 5.41) is 2.70. The largest absolute Gasteiger partial charge is 0.497 e. The Hall–Kier alpha value is -3.28. The van der Waals surface area contributed by atoms with Gasteiger partial charge in [0.05, 0.1) is 14.2 Å². The number of nitrogens with one attached hydrogen (secondary N) is 1. The zero-order valence-electron chi connectivity index (χ0n) is 15.9. The van der Waals surface area contributed by atoms with Gasteiger partial charge in [-0.2, -0.15) is 0 Å². The normalized spacial score (nSPS) is 10.5. The van der Waals surface area contributed by atoms with Gasteiger partial charge >= 0.3 is 5.97 Å². The van der Waals surface area contributed by atoms with Crippen molar-refractivity contribution in [3.8, 4) is 11.5 Å². The molecule has 0 saturated heterocycles. The summed E-state index contributed by atoms with van der Waals surface area (Å²) in [6.45, 7) is 3.59. The van der Waals surface area contributed by atoms with Crippen LogP contribution in [0.15, 0.2) is 42.5 Å². The number of aryl methyl sites for hydroxylation is 2. The van der Waals surface area contributed by atoms with E-state index >= 15 is 0 Å². The van der Waals surface area contributed by atoms with Gasteiger partial charge in [-0.25, -0.2) is 4.79 Å². The molecule has 142 valence electrons. The molecule has 0 aliphatic heterocycles. The third kappa shape index (κ3) is 5.88. The number of rotatable bonds is 7. The van der Waals surface area contributed by atoms with Crippen molar-refractivity contribution in [3.63, 3.8) is 0 Å². The van der Waals surface area contributed by atoms with Crippen LogP contribution in [-0.2, 0) is 14.3 Å². The van der Waals surface area contributed by atoms with E-state index in [4.69, 9.17) is 14.2 Å². The fourth-order valence-electron chi connectivity index (χ4n) is 2.31. The minimum atomic E-state index is -0.622. The summed E-state index contributed by atoms with van der Waals surface area (Å²) in [6, 6.07) is 10.8. The van der Waals surface area contributed by atoms with E-state index in [1.54, 1.807) is 37.5 Å². The van der Waals surface area contributed by atoms with Crippen LogP contribution < -0.4 is 14.8 Å². The molecular weight excluding hydrogens is 346 g/mol. The third-order valence-electron chi connectivity index (χ3n) is 3.98. The molecule has 1 amide bonds. The van der Waals surface area contributed by atoms with Gasteiger partial charge in [-0.05, 0) is 55.3 Å². The van der Waals surface area contributed by atoms with E-state index in [0.29, 0.717) is 22.7 Å². The zero-order valence-corrected chi connectivity index (χ0v) is 15.9. The molecule has 27 heavy (non-hydrogen) atoms. The van der Waals surface area contributed by atoms with Gasteiger partial charge in [-0.3, -0.25) is 4.79 Å². The van der Waals surface area contributed by atoms with E-state index in [-0.39, 0.29) is 6.61 Å². The number of methoxy groups -OCH3 is 2. The second-order valence-electron chi connectivity index (χ2n) is 5.90. The van der Waals surface area contributed by atoms with Crippen molar-refractivity contribution in [2.75, 3.05) is 26.1 Å². The van der Waals surface area contributed by atoms with Crippen molar-refractivity contribution in [3.05, 3.63) is 59.2 Å². The molecule has 2 aromatic rings. The van der Waals surface area contributed by atoms with Crippen LogP contribution in [-0.4, -0.2) is 32.7 Å². The Morgan fingerprint density at radius 2 is 1.78 bits per heavy atom. The van der Waals surface area contributed by atoms with Crippen molar-refractivity contribution >= 4 is 23.6 Å². The molecule has 0 aliphatic rings. The van der Waals surface area contributed by atoms with Gasteiger partial charge in [0.15, 0.2) is 6.61 Å². The molecular formula is C21H23NO5. The Kier molecular flexibility index (Phi) is 7.00. The van der Waals surface area contributed by atoms with Crippen molar-refractivity contribution in [1.82, 2.24) is 0 Å². The van der Waals surface area contributed by atoms with Crippen LogP contribution in [0.5, 0.6) is 11.5 Å². The lowest BCUT2D eigenvalue weighted by Crippen LogP contribution is -2.20. The van der Waals surface area contributed by atoms with Crippen LogP contribution in [0.3, 0.4) is 0 Å². The fraction of sp³-hybridized carbons (Fsp3) is 0.238. The number of ether oxygens (including phenoxy) is 3. The highest BCUT2D eigenvalue weighted by molar-refractivity contribution is 5.94. The topological polar surface area (TPSA) is 73.9 Å². The second-order valence-corrected chi connectivity index (χ2v) is 5.90. The SMILES string of the molecule is COc1ccc(/C=C/C(=O)OCC(=O)Nc2ccc(C)c(C)c2)c(OC)c1. The van der Waals surface area contributed by atoms with Gasteiger partial charge in [-0.1, -0.05) is 6.07 Å². The highest BCUT2D eigenvalue weighted by Gasteiger charge is 2.07. The van der Waals surface area contributed by atoms with Crippen LogP contribution in [0.1, 0.15) is 16.7 Å². The number of anilines is 1. The highest BCUT2D eigenvalue weighted by atomic mass is 16.5. The Bertz CT molecular complexity index is 858. The Labute approximate surface area is 158 Å². The summed E-state index contributed by atoms with van der Waals surface area (Å²) in [6.07, 6.45) is 2.80. The zero-order chi connectivity index (χ0) is 19.8. The van der Waals surface area contributed by atoms with Gasteiger partial charge in [0.25, 0.3) is 5.91 Å². The first-order chi connectivity index (χ1) is 12.9. The van der Waals surface area contributed by atoms with Crippen molar-refractivity contribution in [2.24, 2.45) is 0 Å². The van der Waals surface area contributed by atoms with E-state index in [1.165, 1.54) is 13.2 Å². The molecule has 2 rings (SSSR count). The minimum absolute atomic E-state index is 0.365. The summed E-state index contributed by atoms with van der Waals surface area (Å²) in [5.41, 5.74) is 3.56. The molecule has 2 aromatic carbocycles. The fourth-order valence-corrected chi connectivity index (χ4v) is 2.31. The summed E-state index contributed by atoms with van der Waals surface area (Å²) < 4.78 is 15.3. The maximum Gasteiger partial charge on any atom is 0.331 e. The van der Waals surface area contributed by atoms with Gasteiger partial charge in [0, 0.05) is 23.4 Å². The average Bonchev–Trinajstić information content (AvgIpc) is 2.67. The van der Waals surface area contributed by atoms with E-state index in [1.807, 2.05) is 26.0 Å². The molecule has 0 heterocycles. The van der Waals surface area contributed by atoms with Crippen molar-refractivity contribution < 1.29 is 23.8 Å². The van der Waals surface area contributed by atoms with E-state index < -0.39 is 11.9 Å². The molecule has 0 atom stereocenters. The smallest absolute Gasteiger partial charge is 0.331 e. The number of carbonyl (C=O) groups excluding carboxylic acids is 2. The molecule has 6 heteroatoms. The van der Waals surface area contributed by atoms with Gasteiger partial charge in [0.1, 0.15) is 11.5 Å². The summed E-state index contributed by atoms with van der Waals surface area (Å²) in [7, 11) is 3.09. The van der Waals surface area contributed by atoms with Crippen LogP contribution in [0, 0.1) is 13.8 Å². The Balaban J connectivity index is 1.89. The lowest BCUT2D eigenvalue weighted by molar-refractivity contribution is -0.142. The molecule has 0 spiro atoms. The van der Waals surface area contributed by atoms with Gasteiger partial charge < -0.3 is 19.5 Å². The first kappa shape index (κ1) is 20.0. The number of amides is 1. The van der Waals surface area contributed by atoms with E-state index in [2.05, 4.69) is 5.32 Å². The molecule has 0 radical (unpaired) electrons. The molecule has 6 nitrogen and oxygen atoms in total. The average molecular weight is 369 g/mol. The lowest BCUT2D eigenvalue weighted by atomic mass is 10.1. The van der Waals surface area contributed by atoms with Crippen molar-refractivity contribution in [1.29, 1.82) is 0 Å². The number of hydrogen-bond donors (Lipinski definition) is 1. The van der Waals surface area contributed by atoms with Gasteiger partial charge in [-0.15, -0.1) is 0 Å². The standard InChI is InChI=1S/C21H23NO5/c1-14-5-8-17(11-15(14)2)22-20(23)13-27-21(24)10-7-16-6-9-18(25-3)12-19(16)26-4/h5-12H,13H2,1-4H3,(H,22,23)/b10-7+. The Morgan fingerprint density at radius 1 is 1.00 bits per heavy atom. The summed E-state index contributed by atoms with van der Waals surface area (Å²) >= 11 is 0. The molecule has 1 N–H and O–H groups in total. The van der Waals surface area contributed by atoms with Crippen LogP contribution in [0.4, 0.5) is 5.69 Å². The van der Waals surface area contributed by atoms with Crippen molar-refractivity contribution in [2.45, 2.75) is 13.8 Å². The predicted octanol–water partition coefficient (Wildman–Crippen LogP) is 3.52. The van der Waals surface area contributed by atoms with E-state index in [9.17, 15) is 9.59 Å². The summed E-state index contributed by atoms with van der Waals surface area (Å²) in [4.78, 5) is 23.8. The number of esters is 1. The molecule has 0 bridgehead atoms. The molecule has 0 aliphatic carbocycles. The first-order valence-corrected chi connectivity index (χ1v) is 8.37. The molecule has 0 unspecified atom stereocenters. The van der Waals surface area contributed by atoms with E-state index in [0.717, 1.165) is 11.1 Å². The number of benzene rings is 2. The van der Waals surface area contributed by atoms with Gasteiger partial charge in [0.2, 0.25) is 0 Å². The minimum Gasteiger partial charge on any atom is -0.497 e. The van der Waals surface area contributed by atoms with Crippen LogP contribution >= 0.6 is 0 Å². The molecule has 0 aromatic heterocycles. The lowest BCUT2D eigenvalue weighted by Gasteiger charge is -2.08. The second kappa shape index (κ2) is 9.43. The molecule has 0 fully saturated rings. The maximum absolute atomic E-state index is 11.9. The highest BCUT2D eigenvalue weighted by Crippen LogP contribution is 2.25. The Morgan fingerprint density at radius 3 is 2.44 bits per heavy atom. The summed E-state index contributed by atoms with van der Waals surface area (Å²) in [5.74, 6) is 0.186. The maximum atomic E-state index is 11.9. The predicted molar refractivity (Wildman–Crippen MR) is 104 cm³/mol. The number of hydrogen-bond acceptors (Lipinski definition) is 5. The first-order valence-electron chi connectivity index (χ1n) is 8.37. The third-order valence-corrected chi connectivity index (χ3v) is 3.98. The molecule has 0 saturated carbocycles. The monoisotopic (exact) mass is 369 g/mol. The van der Waals surface area contributed by atoms with Crippen LogP contribution in [0.25, 0.3) is 6.08 Å². The van der Waals surface area contributed by atoms with Crippen LogP contribution in [0.2, 0.25) is 0 Å². The number of carbonyl (C=O) groups is 2. The quantitative estimate of drug-likeness (QED) is 0.597.